The van der Waals surface area contributed by atoms with E-state index in [1.165, 1.54) is 11.3 Å². The minimum Gasteiger partial charge on any atom is -0.339 e. The molecule has 0 aliphatic carbocycles. The first kappa shape index (κ1) is 20.6. The van der Waals surface area contributed by atoms with E-state index in [-0.39, 0.29) is 17.7 Å². The Kier molecular flexibility index (Phi) is 6.16. The summed E-state index contributed by atoms with van der Waals surface area (Å²) >= 11 is 7.62. The molecule has 0 unspecified atom stereocenters. The molecule has 0 spiro atoms. The number of aryl methyl sites for hydroxylation is 1. The summed E-state index contributed by atoms with van der Waals surface area (Å²) in [5.41, 5.74) is 3.30. The summed E-state index contributed by atoms with van der Waals surface area (Å²) < 4.78 is 0. The molecule has 1 saturated heterocycles. The third-order valence-corrected chi connectivity index (χ3v) is 6.50. The molecule has 1 aromatic heterocycles. The van der Waals surface area contributed by atoms with Gasteiger partial charge >= 0.3 is 0 Å². The molecule has 1 aliphatic heterocycles. The molecule has 1 aliphatic rings. The van der Waals surface area contributed by atoms with Gasteiger partial charge in [0.05, 0.1) is 5.69 Å². The smallest absolute Gasteiger partial charge is 0.254 e. The average molecular weight is 440 g/mol. The SMILES string of the molecule is Cc1ccccc1C(=O)N1CCC(C(=O)Nc2nc(-c3ccccc3Cl)cs2)CC1. The maximum atomic E-state index is 12.8. The Morgan fingerprint density at radius 2 is 1.80 bits per heavy atom. The van der Waals surface area contributed by atoms with Crippen molar-refractivity contribution in [3.05, 3.63) is 70.1 Å². The summed E-state index contributed by atoms with van der Waals surface area (Å²) in [7, 11) is 0. The highest BCUT2D eigenvalue weighted by molar-refractivity contribution is 7.14. The first-order chi connectivity index (χ1) is 14.5. The standard InChI is InChI=1S/C23H22ClN3O2S/c1-15-6-2-3-7-17(15)22(29)27-12-10-16(11-13-27)21(28)26-23-25-20(14-30-23)18-8-4-5-9-19(18)24/h2-9,14,16H,10-13H2,1H3,(H,25,26,28). The van der Waals surface area contributed by atoms with Crippen LogP contribution in [-0.4, -0.2) is 34.8 Å². The summed E-state index contributed by atoms with van der Waals surface area (Å²) in [6.07, 6.45) is 1.29. The number of aromatic nitrogens is 1. The van der Waals surface area contributed by atoms with Gasteiger partial charge in [0, 0.05) is 40.5 Å². The van der Waals surface area contributed by atoms with E-state index in [1.54, 1.807) is 0 Å². The van der Waals surface area contributed by atoms with Crippen molar-refractivity contribution in [1.29, 1.82) is 0 Å². The lowest BCUT2D eigenvalue weighted by atomic mass is 9.95. The van der Waals surface area contributed by atoms with Crippen molar-refractivity contribution in [1.82, 2.24) is 9.88 Å². The van der Waals surface area contributed by atoms with Gasteiger partial charge in [0.15, 0.2) is 5.13 Å². The van der Waals surface area contributed by atoms with E-state index in [0.29, 0.717) is 36.1 Å². The lowest BCUT2D eigenvalue weighted by Crippen LogP contribution is -2.41. The number of benzene rings is 2. The first-order valence-electron chi connectivity index (χ1n) is 9.89. The second kappa shape index (κ2) is 8.98. The molecule has 1 fully saturated rings. The van der Waals surface area contributed by atoms with Gasteiger partial charge in [-0.15, -0.1) is 11.3 Å². The van der Waals surface area contributed by atoms with Crippen molar-refractivity contribution in [3.8, 4) is 11.3 Å². The van der Waals surface area contributed by atoms with Gasteiger partial charge in [0.25, 0.3) is 5.91 Å². The number of nitrogens with one attached hydrogen (secondary N) is 1. The summed E-state index contributed by atoms with van der Waals surface area (Å²) in [5, 5.41) is 6.01. The largest absolute Gasteiger partial charge is 0.339 e. The molecule has 4 rings (SSSR count). The van der Waals surface area contributed by atoms with Crippen LogP contribution in [0, 0.1) is 12.8 Å². The Bertz CT molecular complexity index is 1070. The molecule has 2 amide bonds. The number of halogens is 1. The van der Waals surface area contributed by atoms with E-state index in [9.17, 15) is 9.59 Å². The summed E-state index contributed by atoms with van der Waals surface area (Å²) in [6.45, 7) is 3.10. The molecule has 1 N–H and O–H groups in total. The van der Waals surface area contributed by atoms with Gasteiger partial charge in [-0.2, -0.15) is 0 Å². The lowest BCUT2D eigenvalue weighted by molar-refractivity contribution is -0.121. The number of amides is 2. The van der Waals surface area contributed by atoms with Crippen LogP contribution in [0.2, 0.25) is 5.02 Å². The maximum absolute atomic E-state index is 12.8. The normalized spacial score (nSPS) is 14.5. The molecule has 0 saturated carbocycles. The van der Waals surface area contributed by atoms with Crippen molar-refractivity contribution in [2.75, 3.05) is 18.4 Å². The molecule has 2 heterocycles. The van der Waals surface area contributed by atoms with Crippen LogP contribution >= 0.6 is 22.9 Å². The summed E-state index contributed by atoms with van der Waals surface area (Å²) in [6, 6.07) is 15.1. The first-order valence-corrected chi connectivity index (χ1v) is 11.1. The molecule has 30 heavy (non-hydrogen) atoms. The number of hydrogen-bond acceptors (Lipinski definition) is 4. The van der Waals surface area contributed by atoms with Crippen molar-refractivity contribution in [2.45, 2.75) is 19.8 Å². The Morgan fingerprint density at radius 3 is 2.53 bits per heavy atom. The molecule has 154 valence electrons. The topological polar surface area (TPSA) is 62.3 Å². The van der Waals surface area contributed by atoms with Crippen LogP contribution in [0.4, 0.5) is 5.13 Å². The molecule has 2 aromatic carbocycles. The van der Waals surface area contributed by atoms with E-state index in [4.69, 9.17) is 11.6 Å². The Labute approximate surface area is 184 Å². The minimum absolute atomic E-state index is 0.0382. The van der Waals surface area contributed by atoms with Crippen molar-refractivity contribution in [2.24, 2.45) is 5.92 Å². The second-order valence-electron chi connectivity index (χ2n) is 7.39. The zero-order valence-electron chi connectivity index (χ0n) is 16.6. The van der Waals surface area contributed by atoms with Crippen LogP contribution in [-0.2, 0) is 4.79 Å². The predicted octanol–water partition coefficient (Wildman–Crippen LogP) is 5.26. The molecule has 0 atom stereocenters. The van der Waals surface area contributed by atoms with Gasteiger partial charge in [-0.25, -0.2) is 4.98 Å². The Balaban J connectivity index is 1.35. The van der Waals surface area contributed by atoms with Gasteiger partial charge in [-0.05, 0) is 37.5 Å². The number of carbonyl (C=O) groups excluding carboxylic acids is 2. The van der Waals surface area contributed by atoms with Crippen LogP contribution < -0.4 is 5.32 Å². The van der Waals surface area contributed by atoms with Crippen LogP contribution in [0.3, 0.4) is 0 Å². The van der Waals surface area contributed by atoms with Crippen molar-refractivity contribution < 1.29 is 9.59 Å². The van der Waals surface area contributed by atoms with Crippen LogP contribution in [0.15, 0.2) is 53.9 Å². The summed E-state index contributed by atoms with van der Waals surface area (Å²) in [4.78, 5) is 31.8. The average Bonchev–Trinajstić information content (AvgIpc) is 3.22. The van der Waals surface area contributed by atoms with E-state index < -0.39 is 0 Å². The number of carbonyl (C=O) groups is 2. The van der Waals surface area contributed by atoms with Crippen LogP contribution in [0.5, 0.6) is 0 Å². The van der Waals surface area contributed by atoms with Gasteiger partial charge in [0.1, 0.15) is 0 Å². The fourth-order valence-corrected chi connectivity index (χ4v) is 4.61. The van der Waals surface area contributed by atoms with Crippen LogP contribution in [0.1, 0.15) is 28.8 Å². The van der Waals surface area contributed by atoms with Crippen molar-refractivity contribution >= 4 is 39.9 Å². The molecule has 0 bridgehead atoms. The number of piperidine rings is 1. The monoisotopic (exact) mass is 439 g/mol. The zero-order valence-corrected chi connectivity index (χ0v) is 18.2. The molecule has 0 radical (unpaired) electrons. The van der Waals surface area contributed by atoms with Gasteiger partial charge in [-0.1, -0.05) is 48.0 Å². The summed E-state index contributed by atoms with van der Waals surface area (Å²) in [5.74, 6) is -0.132. The lowest BCUT2D eigenvalue weighted by Gasteiger charge is -2.31. The molecule has 7 heteroatoms. The third-order valence-electron chi connectivity index (χ3n) is 5.41. The zero-order chi connectivity index (χ0) is 21.1. The highest BCUT2D eigenvalue weighted by atomic mass is 35.5. The fourth-order valence-electron chi connectivity index (χ4n) is 3.66. The van der Waals surface area contributed by atoms with E-state index >= 15 is 0 Å². The second-order valence-corrected chi connectivity index (χ2v) is 8.65. The third kappa shape index (κ3) is 4.40. The Morgan fingerprint density at radius 1 is 1.10 bits per heavy atom. The number of likely N-dealkylation sites (tertiary alicyclic amines) is 1. The molecular weight excluding hydrogens is 418 g/mol. The highest BCUT2D eigenvalue weighted by Crippen LogP contribution is 2.31. The van der Waals surface area contributed by atoms with E-state index in [1.807, 2.05) is 65.7 Å². The Hall–Kier alpha value is -2.70. The van der Waals surface area contributed by atoms with Gasteiger partial charge in [0.2, 0.25) is 5.91 Å². The van der Waals surface area contributed by atoms with Crippen LogP contribution in [0.25, 0.3) is 11.3 Å². The van der Waals surface area contributed by atoms with Crippen molar-refractivity contribution in [3.63, 3.8) is 0 Å². The highest BCUT2D eigenvalue weighted by Gasteiger charge is 2.28. The number of anilines is 1. The molecule has 5 nitrogen and oxygen atoms in total. The van der Waals surface area contributed by atoms with Gasteiger partial charge in [-0.3, -0.25) is 9.59 Å². The number of thiazole rings is 1. The number of rotatable bonds is 4. The molecule has 3 aromatic rings. The van der Waals surface area contributed by atoms with E-state index in [2.05, 4.69) is 10.3 Å². The number of hydrogen-bond donors (Lipinski definition) is 1. The quantitative estimate of drug-likeness (QED) is 0.602. The van der Waals surface area contributed by atoms with E-state index in [0.717, 1.165) is 22.4 Å². The number of nitrogens with zero attached hydrogens (tertiary/aromatic N) is 2. The fraction of sp³-hybridized carbons (Fsp3) is 0.261. The molecular formula is C23H22ClN3O2S. The minimum atomic E-state index is -0.126. The maximum Gasteiger partial charge on any atom is 0.254 e. The van der Waals surface area contributed by atoms with Gasteiger partial charge < -0.3 is 10.2 Å². The predicted molar refractivity (Wildman–Crippen MR) is 121 cm³/mol.